The summed E-state index contributed by atoms with van der Waals surface area (Å²) in [6.07, 6.45) is 0. The van der Waals surface area contributed by atoms with Crippen molar-refractivity contribution in [2.75, 3.05) is 0 Å². The van der Waals surface area contributed by atoms with Crippen LogP contribution in [0, 0.1) is 0 Å². The molecule has 5 heteroatoms. The Morgan fingerprint density at radius 3 is 1.73 bits per heavy atom. The number of hydrogen-bond acceptors (Lipinski definition) is 4. The number of fused-ring (bicyclic) bond motifs is 6. The highest BCUT2D eigenvalue weighted by atomic mass is 16.3. The Labute approximate surface area is 336 Å². The van der Waals surface area contributed by atoms with Gasteiger partial charge in [-0.3, -0.25) is 0 Å². The molecule has 0 aliphatic rings. The highest BCUT2D eigenvalue weighted by Crippen LogP contribution is 2.40. The van der Waals surface area contributed by atoms with E-state index >= 15 is 0 Å². The largest absolute Gasteiger partial charge is 0.456 e. The molecule has 0 spiro atoms. The van der Waals surface area contributed by atoms with Crippen molar-refractivity contribution >= 4 is 43.7 Å². The molecule has 0 atom stereocenters. The Morgan fingerprint density at radius 1 is 0.411 bits per heavy atom. The molecule has 8 aromatic carbocycles. The molecular weight excluding hydrogens is 685 g/mol. The van der Waals surface area contributed by atoms with E-state index in [9.17, 15) is 0 Å². The van der Waals surface area contributed by atoms with Gasteiger partial charge in [0.25, 0.3) is 0 Å². The van der Waals surface area contributed by atoms with Crippen molar-refractivity contribution in [3.8, 4) is 62.1 Å². The second-order valence-corrected chi connectivity index (χ2v) is 13.3. The van der Waals surface area contributed by atoms with Gasteiger partial charge in [0.05, 0.1) is 24.7 Å². The lowest BCUT2D eigenvalue weighted by Crippen LogP contribution is -2.00. The van der Waals surface area contributed by atoms with Crippen molar-refractivity contribution in [1.29, 1.82) is 0 Å². The summed E-state index contributed by atoms with van der Waals surface area (Å²) < 4.78 is 93.5. The standard InChI is InChI=1S/C51H32N4O/c1-4-14-33(15-5-1)49-52-50(34-16-6-2-7-17-34)54-51(53-49)41-23-13-25-47-48(41)43-32-38(27-29-46(43)56-47)36-19-12-18-35(30-36)37-26-28-45-42(31-37)40-22-10-11-24-44(40)55(45)39-20-8-3-9-21-39/h1-32H/i1D,2D,4D,5D,6D,7D,14D,15D,16D,17D. The summed E-state index contributed by atoms with van der Waals surface area (Å²) in [6, 6.07) is 38.7. The molecule has 5 nitrogen and oxygen atoms in total. The molecule has 0 radical (unpaired) electrons. The highest BCUT2D eigenvalue weighted by Gasteiger charge is 2.19. The van der Waals surface area contributed by atoms with Crippen LogP contribution in [0.2, 0.25) is 0 Å². The molecule has 56 heavy (non-hydrogen) atoms. The Bertz CT molecular complexity index is 3700. The number of furan rings is 1. The summed E-state index contributed by atoms with van der Waals surface area (Å²) in [5.41, 5.74) is 7.98. The fraction of sp³-hybridized carbons (Fsp3) is 0. The van der Waals surface area contributed by atoms with Gasteiger partial charge in [0, 0.05) is 43.9 Å². The molecule has 11 aromatic rings. The summed E-state index contributed by atoms with van der Waals surface area (Å²) in [7, 11) is 0. The van der Waals surface area contributed by atoms with Gasteiger partial charge in [-0.05, 0) is 76.9 Å². The van der Waals surface area contributed by atoms with Gasteiger partial charge in [0.2, 0.25) is 0 Å². The Morgan fingerprint density at radius 2 is 1.00 bits per heavy atom. The van der Waals surface area contributed by atoms with Crippen molar-refractivity contribution in [3.63, 3.8) is 0 Å². The Kier molecular flexibility index (Phi) is 5.41. The van der Waals surface area contributed by atoms with Gasteiger partial charge in [-0.15, -0.1) is 0 Å². The van der Waals surface area contributed by atoms with Crippen LogP contribution < -0.4 is 0 Å². The van der Waals surface area contributed by atoms with Crippen LogP contribution in [0.1, 0.15) is 13.7 Å². The first-order chi connectivity index (χ1) is 31.9. The van der Waals surface area contributed by atoms with E-state index in [1.165, 1.54) is 0 Å². The predicted molar refractivity (Wildman–Crippen MR) is 229 cm³/mol. The lowest BCUT2D eigenvalue weighted by molar-refractivity contribution is 0.669. The number of nitrogens with zero attached hydrogens (tertiary/aromatic N) is 4. The topological polar surface area (TPSA) is 56.7 Å². The van der Waals surface area contributed by atoms with Gasteiger partial charge in [-0.25, -0.2) is 15.0 Å². The number of rotatable bonds is 6. The first-order valence-electron chi connectivity index (χ1n) is 23.0. The van der Waals surface area contributed by atoms with E-state index < -0.39 is 60.4 Å². The summed E-state index contributed by atoms with van der Waals surface area (Å²) in [4.78, 5) is 13.8. The third-order valence-electron chi connectivity index (χ3n) is 10.0. The van der Waals surface area contributed by atoms with E-state index in [1.807, 2.05) is 48.5 Å². The van der Waals surface area contributed by atoms with E-state index in [1.54, 1.807) is 18.2 Å². The van der Waals surface area contributed by atoms with Crippen LogP contribution in [0.25, 0.3) is 106 Å². The number of hydrogen-bond donors (Lipinski definition) is 0. The highest BCUT2D eigenvalue weighted by molar-refractivity contribution is 6.13. The maximum Gasteiger partial charge on any atom is 0.164 e. The van der Waals surface area contributed by atoms with Crippen molar-refractivity contribution in [1.82, 2.24) is 19.5 Å². The first kappa shape index (κ1) is 23.2. The Hall–Kier alpha value is -7.63. The number of aromatic nitrogens is 4. The van der Waals surface area contributed by atoms with Crippen molar-refractivity contribution in [2.45, 2.75) is 0 Å². The van der Waals surface area contributed by atoms with Crippen LogP contribution >= 0.6 is 0 Å². The molecule has 0 unspecified atom stereocenters. The van der Waals surface area contributed by atoms with Crippen molar-refractivity contribution < 1.29 is 18.1 Å². The van der Waals surface area contributed by atoms with Gasteiger partial charge in [0.1, 0.15) is 11.2 Å². The van der Waals surface area contributed by atoms with E-state index in [0.29, 0.717) is 27.5 Å². The maximum atomic E-state index is 8.75. The monoisotopic (exact) mass is 726 g/mol. The molecule has 0 aliphatic carbocycles. The van der Waals surface area contributed by atoms with E-state index in [4.69, 9.17) is 18.1 Å². The molecule has 11 rings (SSSR count). The molecule has 3 heterocycles. The summed E-state index contributed by atoms with van der Waals surface area (Å²) in [5, 5.41) is 3.59. The summed E-state index contributed by atoms with van der Waals surface area (Å²) >= 11 is 0. The third kappa shape index (κ3) is 5.37. The zero-order valence-electron chi connectivity index (χ0n) is 39.4. The minimum atomic E-state index is -0.618. The third-order valence-corrected chi connectivity index (χ3v) is 10.0. The van der Waals surface area contributed by atoms with Crippen LogP contribution in [0.5, 0.6) is 0 Å². The van der Waals surface area contributed by atoms with Crippen LogP contribution in [-0.2, 0) is 0 Å². The smallest absolute Gasteiger partial charge is 0.164 e. The second-order valence-electron chi connectivity index (χ2n) is 13.3. The molecule has 0 saturated heterocycles. The van der Waals surface area contributed by atoms with Gasteiger partial charge in [-0.2, -0.15) is 0 Å². The Balaban J connectivity index is 1.08. The molecule has 0 amide bonds. The average Bonchev–Trinajstić information content (AvgIpc) is 3.89. The van der Waals surface area contributed by atoms with E-state index in [0.717, 1.165) is 49.7 Å². The van der Waals surface area contributed by atoms with Crippen LogP contribution in [0.3, 0.4) is 0 Å². The molecule has 262 valence electrons. The first-order valence-corrected chi connectivity index (χ1v) is 18.0. The maximum absolute atomic E-state index is 8.75. The summed E-state index contributed by atoms with van der Waals surface area (Å²) in [6.45, 7) is 0. The average molecular weight is 727 g/mol. The predicted octanol–water partition coefficient (Wildman–Crippen LogP) is 13.2. The van der Waals surface area contributed by atoms with Gasteiger partial charge >= 0.3 is 0 Å². The van der Waals surface area contributed by atoms with Crippen LogP contribution in [0.4, 0.5) is 0 Å². The molecule has 3 aromatic heterocycles. The minimum Gasteiger partial charge on any atom is -0.456 e. The number of benzene rings is 8. The lowest BCUT2D eigenvalue weighted by atomic mass is 9.96. The SMILES string of the molecule is [2H]c1c([2H])c([2H])c(-c2nc(-c3c([2H])c([2H])c([2H])c([2H])c3[2H])nc(-c3cccc4oc5ccc(-c6cccc(-c7ccc8c(c7)c7ccccc7n8-c7ccccc7)c6)cc5c34)n2)c([2H])c1[2H]. The normalized spacial score (nSPS) is 14.1. The van der Waals surface area contributed by atoms with Crippen molar-refractivity contribution in [3.05, 3.63) is 194 Å². The number of para-hydroxylation sites is 2. The minimum absolute atomic E-state index is 0.0432. The summed E-state index contributed by atoms with van der Waals surface area (Å²) in [5.74, 6) is -0.730. The molecule has 0 fully saturated rings. The van der Waals surface area contributed by atoms with Crippen LogP contribution in [0.15, 0.2) is 198 Å². The fourth-order valence-corrected chi connectivity index (χ4v) is 7.52. The lowest BCUT2D eigenvalue weighted by Gasteiger charge is -2.10. The van der Waals surface area contributed by atoms with E-state index in [2.05, 4.69) is 86.2 Å². The molecule has 0 aliphatic heterocycles. The van der Waals surface area contributed by atoms with Gasteiger partial charge in [0.15, 0.2) is 17.5 Å². The van der Waals surface area contributed by atoms with Crippen LogP contribution in [-0.4, -0.2) is 19.5 Å². The zero-order chi connectivity index (χ0) is 45.7. The van der Waals surface area contributed by atoms with Gasteiger partial charge in [-0.1, -0.05) is 139 Å². The van der Waals surface area contributed by atoms with E-state index in [-0.39, 0.29) is 28.6 Å². The second kappa shape index (κ2) is 13.0. The molecule has 0 N–H and O–H groups in total. The van der Waals surface area contributed by atoms with Gasteiger partial charge < -0.3 is 8.98 Å². The van der Waals surface area contributed by atoms with Crippen molar-refractivity contribution in [2.24, 2.45) is 0 Å². The quantitative estimate of drug-likeness (QED) is 0.171. The molecular formula is C51H32N4O. The fourth-order valence-electron chi connectivity index (χ4n) is 7.52. The molecule has 0 saturated carbocycles. The molecule has 0 bridgehead atoms. The zero-order valence-corrected chi connectivity index (χ0v) is 29.4.